The Hall–Kier alpha value is -1.10. The van der Waals surface area contributed by atoms with Crippen molar-refractivity contribution in [2.75, 3.05) is 13.6 Å². The van der Waals surface area contributed by atoms with Crippen LogP contribution in [0.2, 0.25) is 0 Å². The number of carbonyl (C=O) groups is 2. The Balaban J connectivity index is 2.26. The molecule has 0 radical (unpaired) electrons. The number of unbranched alkanes of at least 4 members (excludes halogenated alkanes) is 1. The summed E-state index contributed by atoms with van der Waals surface area (Å²) in [7, 11) is 1.63. The lowest BCUT2D eigenvalue weighted by Gasteiger charge is -2.20. The lowest BCUT2D eigenvalue weighted by molar-refractivity contribution is -0.135. The second-order valence-electron chi connectivity index (χ2n) is 4.78. The monoisotopic (exact) mass is 241 g/mol. The summed E-state index contributed by atoms with van der Waals surface area (Å²) in [5.41, 5.74) is 5.77. The van der Waals surface area contributed by atoms with Gasteiger partial charge in [0.2, 0.25) is 11.8 Å². The largest absolute Gasteiger partial charge is 0.352 e. The van der Waals surface area contributed by atoms with Crippen molar-refractivity contribution in [3.63, 3.8) is 0 Å². The fraction of sp³-hybridized carbons (Fsp3) is 0.833. The Morgan fingerprint density at radius 3 is 2.65 bits per heavy atom. The molecule has 1 aliphatic rings. The topological polar surface area (TPSA) is 75.4 Å². The molecule has 17 heavy (non-hydrogen) atoms. The maximum atomic E-state index is 11.8. The molecule has 0 aromatic heterocycles. The first-order valence-corrected chi connectivity index (χ1v) is 6.34. The highest BCUT2D eigenvalue weighted by Crippen LogP contribution is 2.18. The second kappa shape index (κ2) is 6.59. The molecule has 1 fully saturated rings. The van der Waals surface area contributed by atoms with Crippen molar-refractivity contribution in [2.45, 2.75) is 51.1 Å². The van der Waals surface area contributed by atoms with Crippen LogP contribution in [0.1, 0.15) is 39.0 Å². The third-order valence-corrected chi connectivity index (χ3v) is 2.89. The van der Waals surface area contributed by atoms with E-state index in [4.69, 9.17) is 5.73 Å². The maximum Gasteiger partial charge on any atom is 0.239 e. The molecule has 2 amide bonds. The predicted octanol–water partition coefficient (Wildman–Crippen LogP) is 0.241. The lowest BCUT2D eigenvalue weighted by Crippen LogP contribution is -2.46. The van der Waals surface area contributed by atoms with Gasteiger partial charge in [-0.3, -0.25) is 9.59 Å². The molecule has 0 bridgehead atoms. The van der Waals surface area contributed by atoms with Crippen LogP contribution in [-0.2, 0) is 9.59 Å². The zero-order chi connectivity index (χ0) is 12.8. The standard InChI is InChI=1S/C12H23N3O2/c1-3-4-5-10(13)12(17)15(2)8-11(16)14-9-6-7-9/h9-10H,3-8,13H2,1-2H3,(H,14,16). The Labute approximate surface area is 103 Å². The van der Waals surface area contributed by atoms with Crippen molar-refractivity contribution >= 4 is 11.8 Å². The number of amides is 2. The number of likely N-dealkylation sites (N-methyl/N-ethyl adjacent to an activating group) is 1. The van der Waals surface area contributed by atoms with Crippen LogP contribution in [0.5, 0.6) is 0 Å². The van der Waals surface area contributed by atoms with Crippen LogP contribution in [0.3, 0.4) is 0 Å². The van der Waals surface area contributed by atoms with E-state index in [9.17, 15) is 9.59 Å². The zero-order valence-electron chi connectivity index (χ0n) is 10.7. The molecule has 1 rings (SSSR count). The quantitative estimate of drug-likeness (QED) is 0.670. The van der Waals surface area contributed by atoms with E-state index in [1.165, 1.54) is 4.90 Å². The van der Waals surface area contributed by atoms with Gasteiger partial charge < -0.3 is 16.0 Å². The SMILES string of the molecule is CCCCC(N)C(=O)N(C)CC(=O)NC1CC1. The fourth-order valence-electron chi connectivity index (χ4n) is 1.62. The van der Waals surface area contributed by atoms with Crippen LogP contribution in [0.25, 0.3) is 0 Å². The van der Waals surface area contributed by atoms with Crippen LogP contribution in [0, 0.1) is 0 Å². The summed E-state index contributed by atoms with van der Waals surface area (Å²) in [5, 5.41) is 2.85. The first-order chi connectivity index (χ1) is 8.04. The van der Waals surface area contributed by atoms with Crippen LogP contribution in [-0.4, -0.2) is 42.4 Å². The van der Waals surface area contributed by atoms with Crippen molar-refractivity contribution in [1.82, 2.24) is 10.2 Å². The van der Waals surface area contributed by atoms with Crippen molar-refractivity contribution < 1.29 is 9.59 Å². The highest BCUT2D eigenvalue weighted by Gasteiger charge is 2.25. The summed E-state index contributed by atoms with van der Waals surface area (Å²) in [4.78, 5) is 24.7. The second-order valence-corrected chi connectivity index (χ2v) is 4.78. The highest BCUT2D eigenvalue weighted by molar-refractivity contribution is 5.87. The van der Waals surface area contributed by atoms with Gasteiger partial charge in [-0.1, -0.05) is 19.8 Å². The molecule has 98 valence electrons. The molecule has 0 aromatic rings. The number of nitrogens with one attached hydrogen (secondary N) is 1. The van der Waals surface area contributed by atoms with Gasteiger partial charge in [0.1, 0.15) is 0 Å². The minimum Gasteiger partial charge on any atom is -0.352 e. The van der Waals surface area contributed by atoms with Gasteiger partial charge in [-0.05, 0) is 19.3 Å². The van der Waals surface area contributed by atoms with Crippen LogP contribution < -0.4 is 11.1 Å². The Morgan fingerprint density at radius 2 is 2.12 bits per heavy atom. The summed E-state index contributed by atoms with van der Waals surface area (Å²) in [6, 6.07) is -0.145. The summed E-state index contributed by atoms with van der Waals surface area (Å²) in [6.45, 7) is 2.17. The van der Waals surface area contributed by atoms with E-state index in [1.54, 1.807) is 7.05 Å². The summed E-state index contributed by atoms with van der Waals surface area (Å²) in [6.07, 6.45) is 4.75. The van der Waals surface area contributed by atoms with Gasteiger partial charge in [0, 0.05) is 13.1 Å². The van der Waals surface area contributed by atoms with Gasteiger partial charge in [-0.25, -0.2) is 0 Å². The Morgan fingerprint density at radius 1 is 1.47 bits per heavy atom. The van der Waals surface area contributed by atoms with Gasteiger partial charge >= 0.3 is 0 Å². The van der Waals surface area contributed by atoms with Crippen molar-refractivity contribution in [2.24, 2.45) is 5.73 Å². The molecule has 1 saturated carbocycles. The number of nitrogens with two attached hydrogens (primary N) is 1. The molecule has 1 aliphatic carbocycles. The number of hydrogen-bond acceptors (Lipinski definition) is 3. The molecule has 0 aromatic carbocycles. The minimum atomic E-state index is -0.478. The molecule has 5 heteroatoms. The number of nitrogens with zero attached hydrogens (tertiary/aromatic N) is 1. The van der Waals surface area contributed by atoms with Crippen LogP contribution in [0.15, 0.2) is 0 Å². The number of carbonyl (C=O) groups excluding carboxylic acids is 2. The van der Waals surface area contributed by atoms with E-state index in [0.717, 1.165) is 25.7 Å². The van der Waals surface area contributed by atoms with Gasteiger partial charge in [-0.2, -0.15) is 0 Å². The van der Waals surface area contributed by atoms with E-state index < -0.39 is 6.04 Å². The number of hydrogen-bond donors (Lipinski definition) is 2. The van der Waals surface area contributed by atoms with E-state index >= 15 is 0 Å². The van der Waals surface area contributed by atoms with Gasteiger partial charge in [0.25, 0.3) is 0 Å². The average Bonchev–Trinajstić information content (AvgIpc) is 3.08. The van der Waals surface area contributed by atoms with Gasteiger partial charge in [-0.15, -0.1) is 0 Å². The first kappa shape index (κ1) is 14.0. The van der Waals surface area contributed by atoms with E-state index in [0.29, 0.717) is 12.5 Å². The number of rotatable bonds is 7. The predicted molar refractivity (Wildman–Crippen MR) is 66.3 cm³/mol. The third kappa shape index (κ3) is 5.17. The molecule has 0 heterocycles. The van der Waals surface area contributed by atoms with Crippen LogP contribution in [0.4, 0.5) is 0 Å². The fourth-order valence-corrected chi connectivity index (χ4v) is 1.62. The molecule has 1 unspecified atom stereocenters. The van der Waals surface area contributed by atoms with Crippen molar-refractivity contribution in [3.05, 3.63) is 0 Å². The molecular formula is C12H23N3O2. The summed E-state index contributed by atoms with van der Waals surface area (Å²) < 4.78 is 0. The van der Waals surface area contributed by atoms with E-state index in [-0.39, 0.29) is 18.4 Å². The summed E-state index contributed by atoms with van der Waals surface area (Å²) >= 11 is 0. The Kier molecular flexibility index (Phi) is 5.41. The van der Waals surface area contributed by atoms with E-state index in [1.807, 2.05) is 0 Å². The average molecular weight is 241 g/mol. The smallest absolute Gasteiger partial charge is 0.239 e. The van der Waals surface area contributed by atoms with Crippen LogP contribution >= 0.6 is 0 Å². The molecule has 0 spiro atoms. The third-order valence-electron chi connectivity index (χ3n) is 2.89. The molecule has 5 nitrogen and oxygen atoms in total. The molecule has 1 atom stereocenters. The molecule has 3 N–H and O–H groups in total. The van der Waals surface area contributed by atoms with Gasteiger partial charge in [0.15, 0.2) is 0 Å². The summed E-state index contributed by atoms with van der Waals surface area (Å²) in [5.74, 6) is -0.240. The Bertz CT molecular complexity index is 277. The molecule has 0 aliphatic heterocycles. The highest BCUT2D eigenvalue weighted by atomic mass is 16.2. The van der Waals surface area contributed by atoms with Crippen molar-refractivity contribution in [3.8, 4) is 0 Å². The normalized spacial score (nSPS) is 16.4. The zero-order valence-corrected chi connectivity index (χ0v) is 10.7. The van der Waals surface area contributed by atoms with Gasteiger partial charge in [0.05, 0.1) is 12.6 Å². The lowest BCUT2D eigenvalue weighted by atomic mass is 10.1. The molecular weight excluding hydrogens is 218 g/mol. The molecule has 0 saturated heterocycles. The maximum absolute atomic E-state index is 11.8. The minimum absolute atomic E-state index is 0.0916. The van der Waals surface area contributed by atoms with Crippen molar-refractivity contribution in [1.29, 1.82) is 0 Å². The van der Waals surface area contributed by atoms with E-state index in [2.05, 4.69) is 12.2 Å². The first-order valence-electron chi connectivity index (χ1n) is 6.34.